The van der Waals surface area contributed by atoms with Crippen LogP contribution in [0.4, 0.5) is 11.4 Å². The molecule has 0 aromatic heterocycles. The van der Waals surface area contributed by atoms with E-state index < -0.39 is 0 Å². The smallest absolute Gasteiger partial charge is 0.221 e. The van der Waals surface area contributed by atoms with E-state index in [-0.39, 0.29) is 5.91 Å². The highest BCUT2D eigenvalue weighted by Crippen LogP contribution is 2.19. The molecule has 0 bridgehead atoms. The van der Waals surface area contributed by atoms with Crippen LogP contribution < -0.4 is 16.0 Å². The summed E-state index contributed by atoms with van der Waals surface area (Å²) < 4.78 is 0. The number of hydrogen-bond acceptors (Lipinski definition) is 3. The normalized spacial score (nSPS) is 9.94. The van der Waals surface area contributed by atoms with Crippen LogP contribution in [0.1, 0.15) is 12.0 Å². The van der Waals surface area contributed by atoms with Gasteiger partial charge < -0.3 is 16.0 Å². The average molecular weight is 221 g/mol. The molecule has 88 valence electrons. The Morgan fingerprint density at radius 2 is 2.12 bits per heavy atom. The van der Waals surface area contributed by atoms with Crippen LogP contribution in [-0.4, -0.2) is 26.5 Å². The van der Waals surface area contributed by atoms with Crippen LogP contribution in [0, 0.1) is 6.92 Å². The zero-order chi connectivity index (χ0) is 12.1. The maximum Gasteiger partial charge on any atom is 0.221 e. The molecule has 0 radical (unpaired) electrons. The molecule has 0 aliphatic heterocycles. The Kier molecular flexibility index (Phi) is 4.17. The monoisotopic (exact) mass is 221 g/mol. The molecule has 0 saturated heterocycles. The first-order chi connectivity index (χ1) is 7.52. The van der Waals surface area contributed by atoms with E-state index in [0.717, 1.165) is 16.9 Å². The van der Waals surface area contributed by atoms with Crippen molar-refractivity contribution in [1.82, 2.24) is 5.32 Å². The number of nitrogens with two attached hydrogens (primary N) is 1. The first kappa shape index (κ1) is 12.4. The van der Waals surface area contributed by atoms with Gasteiger partial charge in [0.1, 0.15) is 0 Å². The number of nitrogens with zero attached hydrogens (tertiary/aromatic N) is 1. The van der Waals surface area contributed by atoms with Gasteiger partial charge in [-0.2, -0.15) is 0 Å². The quantitative estimate of drug-likeness (QED) is 0.750. The van der Waals surface area contributed by atoms with Crippen molar-refractivity contribution in [3.8, 4) is 0 Å². The minimum absolute atomic E-state index is 0.0486. The molecular weight excluding hydrogens is 202 g/mol. The average Bonchev–Trinajstić information content (AvgIpc) is 2.23. The summed E-state index contributed by atoms with van der Waals surface area (Å²) in [4.78, 5) is 13.1. The molecular formula is C12H19N3O. The van der Waals surface area contributed by atoms with Crippen molar-refractivity contribution >= 4 is 17.3 Å². The second-order valence-electron chi connectivity index (χ2n) is 3.95. The van der Waals surface area contributed by atoms with E-state index in [2.05, 4.69) is 11.4 Å². The van der Waals surface area contributed by atoms with Gasteiger partial charge in [-0.15, -0.1) is 0 Å². The molecule has 1 rings (SSSR count). The van der Waals surface area contributed by atoms with E-state index in [0.29, 0.717) is 13.0 Å². The topological polar surface area (TPSA) is 58.4 Å². The number of hydrogen-bond donors (Lipinski definition) is 2. The molecule has 0 aliphatic carbocycles. The van der Waals surface area contributed by atoms with Crippen molar-refractivity contribution in [1.29, 1.82) is 0 Å². The highest BCUT2D eigenvalue weighted by molar-refractivity contribution is 5.76. The number of benzene rings is 1. The number of nitrogen functional groups attached to an aromatic ring is 1. The van der Waals surface area contributed by atoms with Crippen LogP contribution in [0.3, 0.4) is 0 Å². The number of amides is 1. The second kappa shape index (κ2) is 5.39. The molecule has 16 heavy (non-hydrogen) atoms. The fourth-order valence-corrected chi connectivity index (χ4v) is 1.54. The minimum atomic E-state index is 0.0486. The summed E-state index contributed by atoms with van der Waals surface area (Å²) in [6.45, 7) is 2.69. The third-order valence-corrected chi connectivity index (χ3v) is 2.48. The Hall–Kier alpha value is -1.71. The molecule has 3 N–H and O–H groups in total. The molecule has 4 nitrogen and oxygen atoms in total. The van der Waals surface area contributed by atoms with Gasteiger partial charge in [0.05, 0.1) is 0 Å². The van der Waals surface area contributed by atoms with Gasteiger partial charge >= 0.3 is 0 Å². The van der Waals surface area contributed by atoms with Gasteiger partial charge in [0.25, 0.3) is 0 Å². The van der Waals surface area contributed by atoms with Gasteiger partial charge in [0.15, 0.2) is 0 Å². The first-order valence-corrected chi connectivity index (χ1v) is 5.32. The molecule has 0 fully saturated rings. The summed E-state index contributed by atoms with van der Waals surface area (Å²) in [5.74, 6) is 0.0486. The van der Waals surface area contributed by atoms with Crippen molar-refractivity contribution < 1.29 is 4.79 Å². The van der Waals surface area contributed by atoms with Gasteiger partial charge in [0.2, 0.25) is 5.91 Å². The molecule has 0 aliphatic rings. The summed E-state index contributed by atoms with van der Waals surface area (Å²) in [7, 11) is 3.60. The molecule has 0 unspecified atom stereocenters. The molecule has 4 heteroatoms. The van der Waals surface area contributed by atoms with Crippen LogP contribution in [0.5, 0.6) is 0 Å². The lowest BCUT2D eigenvalue weighted by Gasteiger charge is -2.19. The van der Waals surface area contributed by atoms with Crippen molar-refractivity contribution in [2.45, 2.75) is 13.3 Å². The largest absolute Gasteiger partial charge is 0.399 e. The van der Waals surface area contributed by atoms with Crippen LogP contribution in [0.2, 0.25) is 0 Å². The molecule has 0 heterocycles. The van der Waals surface area contributed by atoms with Crippen molar-refractivity contribution in [2.24, 2.45) is 0 Å². The summed E-state index contributed by atoms with van der Waals surface area (Å²) in [6.07, 6.45) is 0.487. The van der Waals surface area contributed by atoms with Crippen molar-refractivity contribution in [3.05, 3.63) is 23.8 Å². The molecule has 1 aromatic rings. The summed E-state index contributed by atoms with van der Waals surface area (Å²) in [5.41, 5.74) is 8.69. The molecule has 0 saturated carbocycles. The van der Waals surface area contributed by atoms with E-state index in [1.807, 2.05) is 31.0 Å². The van der Waals surface area contributed by atoms with Gasteiger partial charge in [-0.1, -0.05) is 0 Å². The highest BCUT2D eigenvalue weighted by atomic mass is 16.1. The maximum atomic E-state index is 11.1. The SMILES string of the molecule is CNC(=O)CCN(C)c1cc(C)cc(N)c1. The van der Waals surface area contributed by atoms with E-state index in [9.17, 15) is 4.79 Å². The van der Waals surface area contributed by atoms with Gasteiger partial charge in [-0.25, -0.2) is 0 Å². The summed E-state index contributed by atoms with van der Waals surface area (Å²) in [5, 5.41) is 2.60. The van der Waals surface area contributed by atoms with E-state index in [1.54, 1.807) is 7.05 Å². The molecule has 0 spiro atoms. The van der Waals surface area contributed by atoms with Crippen LogP contribution in [-0.2, 0) is 4.79 Å². The Morgan fingerprint density at radius 3 is 2.69 bits per heavy atom. The second-order valence-corrected chi connectivity index (χ2v) is 3.95. The molecule has 1 amide bonds. The maximum absolute atomic E-state index is 11.1. The number of carbonyl (C=O) groups excluding carboxylic acids is 1. The predicted octanol–water partition coefficient (Wildman–Crippen LogP) is 1.15. The standard InChI is InChI=1S/C12H19N3O/c1-9-6-10(13)8-11(7-9)15(3)5-4-12(16)14-2/h6-8H,4-5,13H2,1-3H3,(H,14,16). The summed E-state index contributed by atoms with van der Waals surface area (Å²) in [6, 6.07) is 5.90. The Labute approximate surface area is 96.4 Å². The fraction of sp³-hybridized carbons (Fsp3) is 0.417. The lowest BCUT2D eigenvalue weighted by atomic mass is 10.2. The van der Waals surface area contributed by atoms with Crippen LogP contribution in [0.25, 0.3) is 0 Å². The van der Waals surface area contributed by atoms with E-state index in [4.69, 9.17) is 5.73 Å². The fourth-order valence-electron chi connectivity index (χ4n) is 1.54. The Bertz CT molecular complexity index is 356. The van der Waals surface area contributed by atoms with Gasteiger partial charge in [-0.3, -0.25) is 4.79 Å². The number of aryl methyl sites for hydroxylation is 1. The van der Waals surface area contributed by atoms with E-state index >= 15 is 0 Å². The number of anilines is 2. The zero-order valence-corrected chi connectivity index (χ0v) is 10.1. The predicted molar refractivity (Wildman–Crippen MR) is 67.5 cm³/mol. The molecule has 1 aromatic carbocycles. The number of carbonyl (C=O) groups is 1. The third kappa shape index (κ3) is 3.46. The minimum Gasteiger partial charge on any atom is -0.399 e. The van der Waals surface area contributed by atoms with Gasteiger partial charge in [0, 0.05) is 38.4 Å². The highest BCUT2D eigenvalue weighted by Gasteiger charge is 2.05. The third-order valence-electron chi connectivity index (χ3n) is 2.48. The number of rotatable bonds is 4. The zero-order valence-electron chi connectivity index (χ0n) is 10.1. The van der Waals surface area contributed by atoms with Crippen LogP contribution in [0.15, 0.2) is 18.2 Å². The Balaban J connectivity index is 2.65. The molecule has 0 atom stereocenters. The lowest BCUT2D eigenvalue weighted by molar-refractivity contribution is -0.120. The van der Waals surface area contributed by atoms with E-state index in [1.165, 1.54) is 0 Å². The first-order valence-electron chi connectivity index (χ1n) is 5.32. The van der Waals surface area contributed by atoms with Gasteiger partial charge in [-0.05, 0) is 30.7 Å². The summed E-state index contributed by atoms with van der Waals surface area (Å²) >= 11 is 0. The Morgan fingerprint density at radius 1 is 1.44 bits per heavy atom. The lowest BCUT2D eigenvalue weighted by Crippen LogP contribution is -2.26. The number of nitrogens with one attached hydrogen (secondary N) is 1. The van der Waals surface area contributed by atoms with Crippen LogP contribution >= 0.6 is 0 Å². The van der Waals surface area contributed by atoms with Crippen molar-refractivity contribution in [3.63, 3.8) is 0 Å². The van der Waals surface area contributed by atoms with Crippen molar-refractivity contribution in [2.75, 3.05) is 31.3 Å².